The van der Waals surface area contributed by atoms with Gasteiger partial charge in [0.15, 0.2) is 8.32 Å². The number of ether oxygens (including phenoxy) is 2. The van der Waals surface area contributed by atoms with Crippen LogP contribution in [-0.2, 0) is 18.7 Å². The summed E-state index contributed by atoms with van der Waals surface area (Å²) in [6.07, 6.45) is -1.19. The molecule has 0 fully saturated rings. The average Bonchev–Trinajstić information content (AvgIpc) is 2.46. The van der Waals surface area contributed by atoms with Gasteiger partial charge >= 0.3 is 12.1 Å². The summed E-state index contributed by atoms with van der Waals surface area (Å²) < 4.78 is 17.1. The number of nitrogens with zero attached hydrogens (tertiary/aromatic N) is 3. The smallest absolute Gasteiger partial charge is 0.408 e. The van der Waals surface area contributed by atoms with E-state index in [4.69, 9.17) is 19.4 Å². The summed E-state index contributed by atoms with van der Waals surface area (Å²) in [5.41, 5.74) is 7.33. The summed E-state index contributed by atoms with van der Waals surface area (Å²) in [5.74, 6) is -0.599. The lowest BCUT2D eigenvalue weighted by Gasteiger charge is -2.39. The summed E-state index contributed by atoms with van der Waals surface area (Å²) in [5, 5.41) is 6.16. The maximum Gasteiger partial charge on any atom is 0.408 e. The highest BCUT2D eigenvalue weighted by Crippen LogP contribution is 2.37. The highest BCUT2D eigenvalue weighted by molar-refractivity contribution is 6.74. The molecule has 9 nitrogen and oxygen atoms in total. The number of hydrogen-bond donors (Lipinski definition) is 1. The first-order valence-corrected chi connectivity index (χ1v) is 13.1. The van der Waals surface area contributed by atoms with Gasteiger partial charge in [0.2, 0.25) is 0 Å². The SMILES string of the molecule is CC(C)(C)OC(=O)N[C@@H](C[C@H](CN=[N+]=[N-])O[Si](C)(C)C(C)(C)C)C(=O)OC(C)(C)C. The van der Waals surface area contributed by atoms with Crippen molar-refractivity contribution in [1.82, 2.24) is 5.32 Å². The number of esters is 1. The molecule has 0 spiro atoms. The van der Waals surface area contributed by atoms with E-state index in [2.05, 4.69) is 49.2 Å². The Bertz CT molecular complexity index is 641. The number of amides is 1. The van der Waals surface area contributed by atoms with Gasteiger partial charge in [-0.15, -0.1) is 0 Å². The molecule has 174 valence electrons. The van der Waals surface area contributed by atoms with Gasteiger partial charge in [-0.05, 0) is 65.2 Å². The molecule has 2 atom stereocenters. The number of alkyl carbamates (subject to hydrolysis) is 1. The predicted molar refractivity (Wildman–Crippen MR) is 120 cm³/mol. The van der Waals surface area contributed by atoms with Crippen molar-refractivity contribution in [2.75, 3.05) is 6.54 Å². The van der Waals surface area contributed by atoms with Crippen molar-refractivity contribution in [2.24, 2.45) is 5.11 Å². The van der Waals surface area contributed by atoms with Gasteiger partial charge in [0, 0.05) is 11.3 Å². The van der Waals surface area contributed by atoms with Crippen LogP contribution in [0.1, 0.15) is 68.7 Å². The third-order valence-electron chi connectivity index (χ3n) is 4.50. The summed E-state index contributed by atoms with van der Waals surface area (Å²) in [4.78, 5) is 27.9. The quantitative estimate of drug-likeness (QED) is 0.179. The van der Waals surface area contributed by atoms with Gasteiger partial charge in [0.1, 0.15) is 17.2 Å². The molecule has 1 N–H and O–H groups in total. The van der Waals surface area contributed by atoms with Crippen LogP contribution in [0.15, 0.2) is 5.11 Å². The maximum absolute atomic E-state index is 12.8. The number of hydrogen-bond acceptors (Lipinski definition) is 6. The van der Waals surface area contributed by atoms with E-state index < -0.39 is 43.7 Å². The van der Waals surface area contributed by atoms with Crippen molar-refractivity contribution in [3.8, 4) is 0 Å². The zero-order valence-corrected chi connectivity index (χ0v) is 21.5. The third-order valence-corrected chi connectivity index (χ3v) is 9.03. The van der Waals surface area contributed by atoms with E-state index in [9.17, 15) is 9.59 Å². The lowest BCUT2D eigenvalue weighted by Crippen LogP contribution is -2.50. The van der Waals surface area contributed by atoms with Crippen LogP contribution in [0.2, 0.25) is 18.1 Å². The van der Waals surface area contributed by atoms with Gasteiger partial charge in [-0.25, -0.2) is 9.59 Å². The fraction of sp³-hybridized carbons (Fsp3) is 0.900. The Morgan fingerprint density at radius 1 is 1.00 bits per heavy atom. The van der Waals surface area contributed by atoms with Crippen LogP contribution >= 0.6 is 0 Å². The number of rotatable bonds is 8. The molecule has 0 aliphatic carbocycles. The molecule has 0 aromatic rings. The monoisotopic (exact) mass is 444 g/mol. The van der Waals surface area contributed by atoms with Crippen molar-refractivity contribution in [3.05, 3.63) is 10.4 Å². The van der Waals surface area contributed by atoms with E-state index in [1.807, 2.05) is 0 Å². The number of azide groups is 1. The Kier molecular flexibility index (Phi) is 9.88. The Balaban J connectivity index is 5.70. The van der Waals surface area contributed by atoms with Gasteiger partial charge in [-0.1, -0.05) is 25.9 Å². The molecule has 0 radical (unpaired) electrons. The van der Waals surface area contributed by atoms with Crippen LogP contribution in [0.25, 0.3) is 10.4 Å². The first kappa shape index (κ1) is 28.2. The van der Waals surface area contributed by atoms with Gasteiger partial charge in [-0.2, -0.15) is 0 Å². The van der Waals surface area contributed by atoms with Gasteiger partial charge < -0.3 is 19.2 Å². The minimum Gasteiger partial charge on any atom is -0.458 e. The largest absolute Gasteiger partial charge is 0.458 e. The molecular formula is C20H40N4O5Si. The van der Waals surface area contributed by atoms with E-state index in [0.717, 1.165) is 0 Å². The second-order valence-corrected chi connectivity index (χ2v) is 15.6. The molecule has 0 heterocycles. The van der Waals surface area contributed by atoms with E-state index in [1.54, 1.807) is 41.5 Å². The van der Waals surface area contributed by atoms with Crippen LogP contribution in [-0.4, -0.2) is 50.3 Å². The molecule has 0 aliphatic heterocycles. The fourth-order valence-electron chi connectivity index (χ4n) is 2.18. The summed E-state index contributed by atoms with van der Waals surface area (Å²) >= 11 is 0. The topological polar surface area (TPSA) is 123 Å². The second-order valence-electron chi connectivity index (χ2n) is 10.9. The van der Waals surface area contributed by atoms with Gasteiger partial charge in [0.25, 0.3) is 0 Å². The van der Waals surface area contributed by atoms with Gasteiger partial charge in [0.05, 0.1) is 12.6 Å². The van der Waals surface area contributed by atoms with Crippen LogP contribution in [0.4, 0.5) is 4.79 Å². The molecule has 10 heteroatoms. The van der Waals surface area contributed by atoms with Crippen molar-refractivity contribution in [3.63, 3.8) is 0 Å². The molecule has 0 aliphatic rings. The Hall–Kier alpha value is -1.77. The van der Waals surface area contributed by atoms with Crippen LogP contribution in [0.3, 0.4) is 0 Å². The molecular weight excluding hydrogens is 404 g/mol. The standard InChI is InChI=1S/C20H40N4O5Si/c1-18(2,3)27-16(25)15(23-17(26)28-19(4,5)6)12-14(13-22-24-21)29-30(10,11)20(7,8)9/h14-15H,12-13H2,1-11H3,(H,23,26)/t14-,15+/m1/s1. The molecule has 0 saturated carbocycles. The molecule has 0 saturated heterocycles. The molecule has 0 aromatic carbocycles. The molecule has 0 aromatic heterocycles. The Morgan fingerprint density at radius 2 is 1.50 bits per heavy atom. The minimum atomic E-state index is -2.22. The Labute approximate surface area is 182 Å². The maximum atomic E-state index is 12.8. The first-order valence-electron chi connectivity index (χ1n) is 10.2. The van der Waals surface area contributed by atoms with E-state index in [-0.39, 0.29) is 18.0 Å². The lowest BCUT2D eigenvalue weighted by atomic mass is 10.1. The third kappa shape index (κ3) is 11.4. The zero-order chi connectivity index (χ0) is 24.0. The lowest BCUT2D eigenvalue weighted by molar-refractivity contribution is -0.158. The van der Waals surface area contributed by atoms with Gasteiger partial charge in [-0.3, -0.25) is 0 Å². The van der Waals surface area contributed by atoms with E-state index in [1.165, 1.54) is 0 Å². The molecule has 0 bridgehead atoms. The van der Waals surface area contributed by atoms with Crippen molar-refractivity contribution in [2.45, 2.75) is 110 Å². The molecule has 0 rings (SSSR count). The van der Waals surface area contributed by atoms with Crippen LogP contribution in [0.5, 0.6) is 0 Å². The average molecular weight is 445 g/mol. The fourth-order valence-corrected chi connectivity index (χ4v) is 3.54. The number of nitrogens with one attached hydrogen (secondary N) is 1. The minimum absolute atomic E-state index is 0.0400. The summed E-state index contributed by atoms with van der Waals surface area (Å²) in [7, 11) is -2.22. The van der Waals surface area contributed by atoms with Crippen molar-refractivity contribution in [1.29, 1.82) is 0 Å². The first-order chi connectivity index (χ1) is 13.3. The Morgan fingerprint density at radius 3 is 1.90 bits per heavy atom. The number of carbonyl (C=O) groups excluding carboxylic acids is 2. The van der Waals surface area contributed by atoms with Crippen LogP contribution in [0, 0.1) is 0 Å². The van der Waals surface area contributed by atoms with E-state index >= 15 is 0 Å². The van der Waals surface area contributed by atoms with Crippen molar-refractivity contribution >= 4 is 20.4 Å². The second kappa shape index (κ2) is 10.5. The van der Waals surface area contributed by atoms with E-state index in [0.29, 0.717) is 0 Å². The highest BCUT2D eigenvalue weighted by Gasteiger charge is 2.40. The summed E-state index contributed by atoms with van der Waals surface area (Å²) in [6.45, 7) is 20.9. The normalized spacial score (nSPS) is 14.9. The predicted octanol–water partition coefficient (Wildman–Crippen LogP) is 5.31. The highest BCUT2D eigenvalue weighted by atomic mass is 28.4. The molecule has 1 amide bonds. The van der Waals surface area contributed by atoms with Crippen molar-refractivity contribution < 1.29 is 23.5 Å². The molecule has 30 heavy (non-hydrogen) atoms. The number of carbonyl (C=O) groups is 2. The zero-order valence-electron chi connectivity index (χ0n) is 20.5. The molecule has 0 unspecified atom stereocenters. The summed E-state index contributed by atoms with van der Waals surface area (Å²) in [6, 6.07) is -1.01. The van der Waals surface area contributed by atoms with Crippen LogP contribution < -0.4 is 5.32 Å².